The van der Waals surface area contributed by atoms with Crippen LogP contribution in [0.1, 0.15) is 0 Å². The molecule has 0 fully saturated rings. The van der Waals surface area contributed by atoms with Gasteiger partial charge in [0.05, 0.1) is 4.92 Å². The van der Waals surface area contributed by atoms with Crippen LogP contribution in [0.3, 0.4) is 0 Å². The van der Waals surface area contributed by atoms with Crippen molar-refractivity contribution in [3.05, 3.63) is 40.4 Å². The Labute approximate surface area is 76.5 Å². The van der Waals surface area contributed by atoms with Crippen LogP contribution < -0.4 is 11.5 Å². The molecule has 0 spiro atoms. The lowest BCUT2D eigenvalue weighted by Gasteiger charge is -1.85. The molecule has 5 nitrogen and oxygen atoms in total. The van der Waals surface area contributed by atoms with Crippen molar-refractivity contribution < 1.29 is 4.92 Å². The normalized spacial score (nSPS) is 8.46. The molecule has 1 aromatic rings. The molecule has 4 N–H and O–H groups in total. The third-order valence-corrected chi connectivity index (χ3v) is 1.13. The number of nitro benzene ring substituents is 1. The van der Waals surface area contributed by atoms with E-state index in [0.717, 1.165) is 0 Å². The van der Waals surface area contributed by atoms with E-state index in [-0.39, 0.29) is 5.69 Å². The topological polar surface area (TPSA) is 95.2 Å². The van der Waals surface area contributed by atoms with Crippen LogP contribution in [0.25, 0.3) is 0 Å². The summed E-state index contributed by atoms with van der Waals surface area (Å²) in [5.74, 6) is 0. The number of para-hydroxylation sites is 1. The van der Waals surface area contributed by atoms with E-state index < -0.39 is 4.92 Å². The van der Waals surface area contributed by atoms with Gasteiger partial charge in [-0.2, -0.15) is 0 Å². The van der Waals surface area contributed by atoms with Crippen LogP contribution in [-0.4, -0.2) is 18.0 Å². The van der Waals surface area contributed by atoms with Gasteiger partial charge < -0.3 is 11.5 Å². The van der Waals surface area contributed by atoms with Gasteiger partial charge in [0.15, 0.2) is 0 Å². The first kappa shape index (κ1) is 11.5. The lowest BCUT2D eigenvalue weighted by atomic mass is 10.3. The highest BCUT2D eigenvalue weighted by Gasteiger charge is 1.98. The molecule has 5 heteroatoms. The second-order valence-electron chi connectivity index (χ2n) is 2.17. The van der Waals surface area contributed by atoms with Crippen LogP contribution in [0, 0.1) is 10.1 Å². The first-order chi connectivity index (χ1) is 6.22. The van der Waals surface area contributed by atoms with E-state index in [1.165, 1.54) is 12.1 Å². The minimum absolute atomic E-state index is 0.137. The first-order valence-electron chi connectivity index (χ1n) is 3.82. The molecule has 0 aliphatic carbocycles. The maximum absolute atomic E-state index is 10.0. The number of nitrogens with zero attached hydrogens (tertiary/aromatic N) is 1. The van der Waals surface area contributed by atoms with Gasteiger partial charge in [0.2, 0.25) is 0 Å². The third kappa shape index (κ3) is 5.77. The summed E-state index contributed by atoms with van der Waals surface area (Å²) in [7, 11) is 0. The summed E-state index contributed by atoms with van der Waals surface area (Å²) in [5, 5.41) is 10.0. The maximum atomic E-state index is 10.0. The van der Waals surface area contributed by atoms with E-state index in [9.17, 15) is 10.1 Å². The Morgan fingerprint density at radius 1 is 1.15 bits per heavy atom. The number of hydrogen-bond donors (Lipinski definition) is 2. The predicted molar refractivity (Wildman–Crippen MR) is 51.2 cm³/mol. The summed E-state index contributed by atoms with van der Waals surface area (Å²) < 4.78 is 0. The van der Waals surface area contributed by atoms with Crippen molar-refractivity contribution in [3.63, 3.8) is 0 Å². The van der Waals surface area contributed by atoms with Crippen molar-refractivity contribution in [2.24, 2.45) is 11.5 Å². The van der Waals surface area contributed by atoms with Crippen LogP contribution >= 0.6 is 0 Å². The van der Waals surface area contributed by atoms with Crippen molar-refractivity contribution in [1.82, 2.24) is 0 Å². The number of nitro groups is 1. The third-order valence-electron chi connectivity index (χ3n) is 1.13. The number of nitrogens with two attached hydrogens (primary N) is 2. The van der Waals surface area contributed by atoms with Crippen LogP contribution in [0.4, 0.5) is 5.69 Å². The summed E-state index contributed by atoms with van der Waals surface area (Å²) >= 11 is 0. The highest BCUT2D eigenvalue weighted by molar-refractivity contribution is 5.27. The molecule has 0 aliphatic rings. The zero-order valence-corrected chi connectivity index (χ0v) is 7.22. The minimum Gasteiger partial charge on any atom is -0.329 e. The molecule has 0 unspecified atom stereocenters. The lowest BCUT2D eigenvalue weighted by molar-refractivity contribution is -0.384. The lowest BCUT2D eigenvalue weighted by Crippen LogP contribution is -2.11. The van der Waals surface area contributed by atoms with Gasteiger partial charge in [0.1, 0.15) is 0 Å². The fraction of sp³-hybridized carbons (Fsp3) is 0.250. The van der Waals surface area contributed by atoms with Gasteiger partial charge in [0.25, 0.3) is 5.69 Å². The Hall–Kier alpha value is -1.46. The zero-order valence-electron chi connectivity index (χ0n) is 7.22. The van der Waals surface area contributed by atoms with Gasteiger partial charge >= 0.3 is 0 Å². The Bertz CT molecular complexity index is 236. The van der Waals surface area contributed by atoms with Crippen molar-refractivity contribution >= 4 is 5.69 Å². The van der Waals surface area contributed by atoms with Crippen LogP contribution in [0.5, 0.6) is 0 Å². The number of non-ortho nitro benzene ring substituents is 1. The van der Waals surface area contributed by atoms with E-state index in [1.54, 1.807) is 18.2 Å². The van der Waals surface area contributed by atoms with E-state index in [4.69, 9.17) is 11.5 Å². The van der Waals surface area contributed by atoms with Crippen molar-refractivity contribution in [2.75, 3.05) is 13.1 Å². The average molecular weight is 183 g/mol. The summed E-state index contributed by atoms with van der Waals surface area (Å²) in [6.07, 6.45) is 0. The Balaban J connectivity index is 0.000000310. The minimum atomic E-state index is -0.417. The largest absolute Gasteiger partial charge is 0.329 e. The molecule has 0 saturated carbocycles. The average Bonchev–Trinajstić information content (AvgIpc) is 2.19. The van der Waals surface area contributed by atoms with E-state index in [1.807, 2.05) is 0 Å². The van der Waals surface area contributed by atoms with Gasteiger partial charge in [-0.15, -0.1) is 0 Å². The summed E-state index contributed by atoms with van der Waals surface area (Å²) in [6, 6.07) is 7.93. The molecule has 0 bridgehead atoms. The molecule has 13 heavy (non-hydrogen) atoms. The maximum Gasteiger partial charge on any atom is 0.269 e. The number of hydrogen-bond acceptors (Lipinski definition) is 4. The SMILES string of the molecule is NCCN.O=[N+]([O-])c1ccccc1. The molecule has 72 valence electrons. The number of benzene rings is 1. The fourth-order valence-corrected chi connectivity index (χ4v) is 0.550. The molecule has 1 aromatic carbocycles. The first-order valence-corrected chi connectivity index (χ1v) is 3.82. The second-order valence-corrected chi connectivity index (χ2v) is 2.17. The molecule has 0 aromatic heterocycles. The quantitative estimate of drug-likeness (QED) is 0.515. The molecular weight excluding hydrogens is 170 g/mol. The van der Waals surface area contributed by atoms with Gasteiger partial charge in [-0.1, -0.05) is 18.2 Å². The standard InChI is InChI=1S/C6H5NO2.C2H8N2/c8-7(9)6-4-2-1-3-5-6;3-1-2-4/h1-5H;1-4H2. The van der Waals surface area contributed by atoms with E-state index in [0.29, 0.717) is 13.1 Å². The molecule has 0 radical (unpaired) electrons. The monoisotopic (exact) mass is 183 g/mol. The molecule has 0 atom stereocenters. The summed E-state index contributed by atoms with van der Waals surface area (Å²) in [6.45, 7) is 1.19. The van der Waals surface area contributed by atoms with Crippen molar-refractivity contribution in [2.45, 2.75) is 0 Å². The van der Waals surface area contributed by atoms with E-state index >= 15 is 0 Å². The molecule has 0 saturated heterocycles. The molecule has 0 aliphatic heterocycles. The van der Waals surface area contributed by atoms with Gasteiger partial charge in [-0.05, 0) is 0 Å². The fourth-order valence-electron chi connectivity index (χ4n) is 0.550. The van der Waals surface area contributed by atoms with E-state index in [2.05, 4.69) is 0 Å². The highest BCUT2D eigenvalue weighted by Crippen LogP contribution is 2.06. The molecular formula is C8H13N3O2. The second kappa shape index (κ2) is 7.20. The molecule has 0 amide bonds. The summed E-state index contributed by atoms with van der Waals surface area (Å²) in [5.41, 5.74) is 9.94. The molecule has 1 rings (SSSR count). The Kier molecular flexibility index (Phi) is 6.39. The van der Waals surface area contributed by atoms with Crippen LogP contribution in [-0.2, 0) is 0 Å². The van der Waals surface area contributed by atoms with Gasteiger partial charge in [-0.3, -0.25) is 10.1 Å². The van der Waals surface area contributed by atoms with Crippen molar-refractivity contribution in [1.29, 1.82) is 0 Å². The Morgan fingerprint density at radius 3 is 1.85 bits per heavy atom. The smallest absolute Gasteiger partial charge is 0.269 e. The zero-order chi connectivity index (χ0) is 10.1. The van der Waals surface area contributed by atoms with Gasteiger partial charge in [-0.25, -0.2) is 0 Å². The van der Waals surface area contributed by atoms with Crippen LogP contribution in [0.2, 0.25) is 0 Å². The summed E-state index contributed by atoms with van der Waals surface area (Å²) in [4.78, 5) is 9.59. The Morgan fingerprint density at radius 2 is 1.62 bits per heavy atom. The van der Waals surface area contributed by atoms with Gasteiger partial charge in [0, 0.05) is 25.2 Å². The van der Waals surface area contributed by atoms with Crippen LogP contribution in [0.15, 0.2) is 30.3 Å². The highest BCUT2D eigenvalue weighted by atomic mass is 16.6. The predicted octanol–water partition coefficient (Wildman–Crippen LogP) is 0.499. The number of rotatable bonds is 2. The van der Waals surface area contributed by atoms with Crippen molar-refractivity contribution in [3.8, 4) is 0 Å². The molecule has 0 heterocycles.